The van der Waals surface area contributed by atoms with Gasteiger partial charge in [-0.05, 0) is 32.9 Å². The van der Waals surface area contributed by atoms with Gasteiger partial charge in [0, 0.05) is 12.8 Å². The van der Waals surface area contributed by atoms with E-state index in [-0.39, 0.29) is 29.6 Å². The molecular weight excluding hydrogens is 397 g/mol. The second kappa shape index (κ2) is 8.13. The molecule has 0 atom stereocenters. The van der Waals surface area contributed by atoms with Crippen LogP contribution in [0.3, 0.4) is 0 Å². The molecule has 2 fully saturated rings. The van der Waals surface area contributed by atoms with Crippen LogP contribution in [0.5, 0.6) is 5.88 Å². The maximum atomic E-state index is 14.8. The quantitative estimate of drug-likeness (QED) is 0.698. The van der Waals surface area contributed by atoms with Gasteiger partial charge in [0.15, 0.2) is 0 Å². The SMILES string of the molecule is [C-]#[N+]C1CC(n2ncc(Nc3ncc(Cl)c(OCC4(F)CCNCC4)n3)c2C)C1. The summed E-state index contributed by atoms with van der Waals surface area (Å²) < 4.78 is 22.3. The lowest BCUT2D eigenvalue weighted by atomic mass is 9.87. The van der Waals surface area contributed by atoms with Gasteiger partial charge in [-0.2, -0.15) is 10.1 Å². The van der Waals surface area contributed by atoms with E-state index in [1.165, 1.54) is 6.20 Å². The highest BCUT2D eigenvalue weighted by Crippen LogP contribution is 2.36. The fraction of sp³-hybridized carbons (Fsp3) is 0.579. The normalized spacial score (nSPS) is 23.1. The first kappa shape index (κ1) is 19.9. The zero-order valence-electron chi connectivity index (χ0n) is 16.2. The Hall–Kier alpha value is -2.44. The fourth-order valence-corrected chi connectivity index (χ4v) is 3.77. The Morgan fingerprint density at radius 3 is 2.90 bits per heavy atom. The van der Waals surface area contributed by atoms with E-state index in [1.54, 1.807) is 6.20 Å². The van der Waals surface area contributed by atoms with Gasteiger partial charge < -0.3 is 20.2 Å². The van der Waals surface area contributed by atoms with Crippen molar-refractivity contribution in [3.63, 3.8) is 0 Å². The first-order valence-corrected chi connectivity index (χ1v) is 10.1. The van der Waals surface area contributed by atoms with Crippen molar-refractivity contribution in [2.24, 2.45) is 0 Å². The molecule has 1 saturated heterocycles. The van der Waals surface area contributed by atoms with Crippen molar-refractivity contribution in [3.8, 4) is 5.88 Å². The molecular formula is C19H23ClFN7O. The van der Waals surface area contributed by atoms with Crippen LogP contribution < -0.4 is 15.4 Å². The van der Waals surface area contributed by atoms with E-state index < -0.39 is 5.67 Å². The zero-order valence-corrected chi connectivity index (χ0v) is 16.9. The van der Waals surface area contributed by atoms with Gasteiger partial charge in [-0.3, -0.25) is 4.68 Å². The van der Waals surface area contributed by atoms with E-state index in [0.717, 1.165) is 24.2 Å². The highest BCUT2D eigenvalue weighted by Gasteiger charge is 2.37. The number of hydrogen-bond donors (Lipinski definition) is 2. The first-order chi connectivity index (χ1) is 14.0. The molecule has 2 aliphatic rings. The summed E-state index contributed by atoms with van der Waals surface area (Å²) in [5.74, 6) is 0.460. The largest absolute Gasteiger partial charge is 0.473 e. The Labute approximate surface area is 173 Å². The van der Waals surface area contributed by atoms with Crippen molar-refractivity contribution >= 4 is 23.2 Å². The average molecular weight is 420 g/mol. The van der Waals surface area contributed by atoms with Crippen LogP contribution in [0, 0.1) is 13.5 Å². The standard InChI is InChI=1S/C19H23ClFN7O/c1-12-16(10-25-28(12)14-7-13(8-14)22-2)26-18-24-9-15(20)17(27-18)29-11-19(21)3-5-23-6-4-19/h9-10,13-14,23H,3-8,11H2,1H3,(H,24,26,27). The van der Waals surface area contributed by atoms with Gasteiger partial charge in [0.1, 0.15) is 17.3 Å². The van der Waals surface area contributed by atoms with Gasteiger partial charge in [0.25, 0.3) is 0 Å². The van der Waals surface area contributed by atoms with Gasteiger partial charge >= 0.3 is 0 Å². The summed E-state index contributed by atoms with van der Waals surface area (Å²) in [6, 6.07) is 0.346. The van der Waals surface area contributed by atoms with Crippen molar-refractivity contribution < 1.29 is 9.13 Å². The maximum absolute atomic E-state index is 14.8. The van der Waals surface area contributed by atoms with Crippen molar-refractivity contribution in [1.82, 2.24) is 25.1 Å². The summed E-state index contributed by atoms with van der Waals surface area (Å²) in [7, 11) is 0. The summed E-state index contributed by atoms with van der Waals surface area (Å²) >= 11 is 6.14. The van der Waals surface area contributed by atoms with Crippen LogP contribution in [0.15, 0.2) is 12.4 Å². The molecule has 0 aromatic carbocycles. The van der Waals surface area contributed by atoms with Crippen molar-refractivity contribution in [3.05, 3.63) is 34.5 Å². The summed E-state index contributed by atoms with van der Waals surface area (Å²) in [5.41, 5.74) is 0.332. The van der Waals surface area contributed by atoms with Crippen LogP contribution in [0.1, 0.15) is 37.4 Å². The van der Waals surface area contributed by atoms with Crippen LogP contribution in [-0.4, -0.2) is 51.2 Å². The Morgan fingerprint density at radius 2 is 2.17 bits per heavy atom. The molecule has 0 unspecified atom stereocenters. The number of anilines is 2. The third-order valence-electron chi connectivity index (χ3n) is 5.59. The number of rotatable bonds is 6. The third kappa shape index (κ3) is 4.28. The van der Waals surface area contributed by atoms with E-state index in [4.69, 9.17) is 22.9 Å². The van der Waals surface area contributed by atoms with Crippen LogP contribution in [0.4, 0.5) is 16.0 Å². The van der Waals surface area contributed by atoms with Crippen LogP contribution in [0.2, 0.25) is 5.02 Å². The van der Waals surface area contributed by atoms with E-state index in [9.17, 15) is 4.39 Å². The molecule has 4 rings (SSSR count). The number of piperidine rings is 1. The van der Waals surface area contributed by atoms with Gasteiger partial charge in [-0.15, -0.1) is 0 Å². The van der Waals surface area contributed by atoms with Gasteiger partial charge in [-0.25, -0.2) is 15.9 Å². The second-order valence-corrected chi connectivity index (χ2v) is 8.06. The predicted octanol–water partition coefficient (Wildman–Crippen LogP) is 3.47. The lowest BCUT2D eigenvalue weighted by Gasteiger charge is -2.29. The molecule has 154 valence electrons. The number of halogens is 2. The highest BCUT2D eigenvalue weighted by molar-refractivity contribution is 6.31. The Balaban J connectivity index is 1.43. The zero-order chi connectivity index (χ0) is 20.4. The van der Waals surface area contributed by atoms with Crippen LogP contribution >= 0.6 is 11.6 Å². The summed E-state index contributed by atoms with van der Waals surface area (Å²) in [6.45, 7) is 10.2. The molecule has 1 aliphatic heterocycles. The maximum Gasteiger partial charge on any atom is 0.237 e. The number of aromatic nitrogens is 4. The number of alkyl halides is 1. The second-order valence-electron chi connectivity index (χ2n) is 7.66. The van der Waals surface area contributed by atoms with Crippen molar-refractivity contribution in [1.29, 1.82) is 0 Å². The lowest BCUT2D eigenvalue weighted by molar-refractivity contribution is 0.0520. The first-order valence-electron chi connectivity index (χ1n) is 9.70. The Morgan fingerprint density at radius 1 is 1.41 bits per heavy atom. The van der Waals surface area contributed by atoms with Crippen LogP contribution in [0.25, 0.3) is 4.85 Å². The average Bonchev–Trinajstić information content (AvgIpc) is 3.02. The van der Waals surface area contributed by atoms with E-state index in [0.29, 0.717) is 31.9 Å². The van der Waals surface area contributed by atoms with E-state index in [1.807, 2.05) is 11.6 Å². The Kier molecular flexibility index (Phi) is 5.56. The Bertz CT molecular complexity index is 916. The molecule has 8 nitrogen and oxygen atoms in total. The predicted molar refractivity (Wildman–Crippen MR) is 107 cm³/mol. The third-order valence-corrected chi connectivity index (χ3v) is 5.85. The number of hydrogen-bond acceptors (Lipinski definition) is 6. The van der Waals surface area contributed by atoms with Crippen LogP contribution in [-0.2, 0) is 0 Å². The van der Waals surface area contributed by atoms with Gasteiger partial charge in [-0.1, -0.05) is 11.6 Å². The molecule has 1 aliphatic carbocycles. The summed E-state index contributed by atoms with van der Waals surface area (Å²) in [4.78, 5) is 12.1. The molecule has 0 amide bonds. The molecule has 2 aromatic heterocycles. The van der Waals surface area contributed by atoms with Gasteiger partial charge in [0.05, 0.1) is 29.8 Å². The van der Waals surface area contributed by atoms with E-state index in [2.05, 4.69) is 30.5 Å². The summed E-state index contributed by atoms with van der Waals surface area (Å²) in [5, 5.41) is 10.9. The minimum atomic E-state index is -1.38. The molecule has 2 N–H and O–H groups in total. The van der Waals surface area contributed by atoms with Crippen molar-refractivity contribution in [2.45, 2.75) is 50.4 Å². The van der Waals surface area contributed by atoms with E-state index >= 15 is 0 Å². The highest BCUT2D eigenvalue weighted by atomic mass is 35.5. The lowest BCUT2D eigenvalue weighted by Crippen LogP contribution is -2.42. The molecule has 0 spiro atoms. The topological polar surface area (TPSA) is 81.2 Å². The summed E-state index contributed by atoms with van der Waals surface area (Å²) in [6.07, 6.45) is 5.59. The molecule has 1 saturated carbocycles. The molecule has 29 heavy (non-hydrogen) atoms. The smallest absolute Gasteiger partial charge is 0.237 e. The molecule has 2 aromatic rings. The fourth-order valence-electron chi connectivity index (χ4n) is 3.63. The minimum absolute atomic E-state index is 0.0916. The molecule has 0 radical (unpaired) electrons. The van der Waals surface area contributed by atoms with Crippen molar-refractivity contribution in [2.75, 3.05) is 25.0 Å². The van der Waals surface area contributed by atoms with Gasteiger partial charge in [0.2, 0.25) is 17.9 Å². The number of ether oxygens (including phenoxy) is 1. The minimum Gasteiger partial charge on any atom is -0.473 e. The molecule has 0 bridgehead atoms. The monoisotopic (exact) mass is 419 g/mol. The number of nitrogens with one attached hydrogen (secondary N) is 2. The molecule has 3 heterocycles. The number of nitrogens with zero attached hydrogens (tertiary/aromatic N) is 5. The molecule has 10 heteroatoms.